The van der Waals surface area contributed by atoms with E-state index in [1.807, 2.05) is 6.07 Å². The van der Waals surface area contributed by atoms with E-state index in [1.54, 1.807) is 0 Å². The van der Waals surface area contributed by atoms with Gasteiger partial charge >= 0.3 is 0 Å². The Labute approximate surface area is 189 Å². The Hall–Kier alpha value is -2.68. The van der Waals surface area contributed by atoms with Gasteiger partial charge in [-0.3, -0.25) is 9.89 Å². The zero-order valence-electron chi connectivity index (χ0n) is 19.3. The molecule has 3 aliphatic rings. The molecule has 2 aliphatic heterocycles. The summed E-state index contributed by atoms with van der Waals surface area (Å²) in [5.41, 5.74) is 3.37. The predicted octanol–water partition coefficient (Wildman–Crippen LogP) is 2.34. The minimum atomic E-state index is -0.203. The topological polar surface area (TPSA) is 102 Å². The fourth-order valence-electron chi connectivity index (χ4n) is 5.10. The number of carbonyl (C=O) groups is 1. The van der Waals surface area contributed by atoms with Crippen molar-refractivity contribution in [3.63, 3.8) is 0 Å². The third-order valence-corrected chi connectivity index (χ3v) is 6.94. The van der Waals surface area contributed by atoms with Crippen LogP contribution in [-0.2, 0) is 17.6 Å². The third-order valence-electron chi connectivity index (χ3n) is 6.94. The highest BCUT2D eigenvalue weighted by atomic mass is 16.2. The predicted molar refractivity (Wildman–Crippen MR) is 124 cm³/mol. The third kappa shape index (κ3) is 4.18. The Balaban J connectivity index is 1.37. The van der Waals surface area contributed by atoms with E-state index < -0.39 is 0 Å². The van der Waals surface area contributed by atoms with Crippen LogP contribution in [0.5, 0.6) is 0 Å². The number of H-pyrrole nitrogens is 1. The monoisotopic (exact) mass is 438 g/mol. The van der Waals surface area contributed by atoms with E-state index >= 15 is 0 Å². The molecule has 4 heterocycles. The van der Waals surface area contributed by atoms with Gasteiger partial charge in [0.05, 0.1) is 5.69 Å². The number of aryl methyl sites for hydroxylation is 1. The molecule has 0 radical (unpaired) electrons. The van der Waals surface area contributed by atoms with E-state index in [0.29, 0.717) is 11.9 Å². The Bertz CT molecular complexity index is 986. The second-order valence-corrected chi connectivity index (χ2v) is 9.75. The highest BCUT2D eigenvalue weighted by Crippen LogP contribution is 2.32. The Morgan fingerprint density at radius 3 is 2.81 bits per heavy atom. The second-order valence-electron chi connectivity index (χ2n) is 9.75. The maximum absolute atomic E-state index is 13.1. The first-order valence-electron chi connectivity index (χ1n) is 12.0. The molecule has 2 saturated heterocycles. The van der Waals surface area contributed by atoms with Gasteiger partial charge in [-0.15, -0.1) is 0 Å². The standard InChI is InChI=1S/C23H34N8O/c1-14(2)18-12-20(29-28-18)26-21-16-6-4-7-17(16)25-23(27-21)31-10-5-8-19(31)22(32)24-15-9-11-30(3)13-15/h12,14-15,19H,4-11,13H2,1-3H3,(H,24,32)(H2,25,26,27,28,29). The maximum Gasteiger partial charge on any atom is 0.243 e. The SMILES string of the molecule is CC(C)c1cc(Nc2nc(N3CCCC3C(=O)NC3CCN(C)C3)nc3c2CCC3)n[nH]1. The molecule has 1 aliphatic carbocycles. The first kappa shape index (κ1) is 21.2. The molecule has 0 saturated carbocycles. The Morgan fingerprint density at radius 2 is 2.06 bits per heavy atom. The normalized spacial score (nSPS) is 23.2. The van der Waals surface area contributed by atoms with Crippen molar-refractivity contribution in [2.45, 2.75) is 70.4 Å². The van der Waals surface area contributed by atoms with Gasteiger partial charge in [-0.1, -0.05) is 13.8 Å². The number of hydrogen-bond donors (Lipinski definition) is 3. The van der Waals surface area contributed by atoms with Crippen molar-refractivity contribution in [3.8, 4) is 0 Å². The van der Waals surface area contributed by atoms with Crippen LogP contribution in [0.25, 0.3) is 0 Å². The van der Waals surface area contributed by atoms with Crippen LogP contribution in [0, 0.1) is 0 Å². The quantitative estimate of drug-likeness (QED) is 0.636. The number of amides is 1. The average molecular weight is 439 g/mol. The summed E-state index contributed by atoms with van der Waals surface area (Å²) >= 11 is 0. The lowest BCUT2D eigenvalue weighted by Crippen LogP contribution is -2.48. The summed E-state index contributed by atoms with van der Waals surface area (Å²) in [5, 5.41) is 14.2. The minimum Gasteiger partial charge on any atom is -0.350 e. The van der Waals surface area contributed by atoms with Crippen LogP contribution < -0.4 is 15.5 Å². The summed E-state index contributed by atoms with van der Waals surface area (Å²) < 4.78 is 0. The lowest BCUT2D eigenvalue weighted by Gasteiger charge is -2.26. The zero-order valence-corrected chi connectivity index (χ0v) is 19.3. The van der Waals surface area contributed by atoms with Crippen LogP contribution in [0.15, 0.2) is 6.07 Å². The van der Waals surface area contributed by atoms with Crippen LogP contribution in [-0.4, -0.2) is 69.7 Å². The van der Waals surface area contributed by atoms with Crippen molar-refractivity contribution < 1.29 is 4.79 Å². The number of carbonyl (C=O) groups excluding carboxylic acids is 1. The first-order valence-corrected chi connectivity index (χ1v) is 12.0. The van der Waals surface area contributed by atoms with Gasteiger partial charge in [0.15, 0.2) is 5.82 Å². The van der Waals surface area contributed by atoms with Gasteiger partial charge in [0.1, 0.15) is 11.9 Å². The lowest BCUT2D eigenvalue weighted by molar-refractivity contribution is -0.122. The number of nitrogens with one attached hydrogen (secondary N) is 3. The van der Waals surface area contributed by atoms with Crippen LogP contribution in [0.2, 0.25) is 0 Å². The number of aromatic amines is 1. The van der Waals surface area contributed by atoms with Gasteiger partial charge in [-0.2, -0.15) is 10.1 Å². The molecule has 2 atom stereocenters. The van der Waals surface area contributed by atoms with Crippen LogP contribution >= 0.6 is 0 Å². The number of nitrogens with zero attached hydrogens (tertiary/aromatic N) is 5. The highest BCUT2D eigenvalue weighted by molar-refractivity contribution is 5.85. The molecule has 32 heavy (non-hydrogen) atoms. The molecule has 5 rings (SSSR count). The molecular formula is C23H34N8O. The van der Waals surface area contributed by atoms with Crippen molar-refractivity contribution in [2.24, 2.45) is 0 Å². The summed E-state index contributed by atoms with van der Waals surface area (Å²) in [4.78, 5) is 27.3. The molecule has 2 unspecified atom stereocenters. The van der Waals surface area contributed by atoms with Gasteiger partial charge in [0.2, 0.25) is 11.9 Å². The van der Waals surface area contributed by atoms with Crippen LogP contribution in [0.4, 0.5) is 17.6 Å². The van der Waals surface area contributed by atoms with Crippen molar-refractivity contribution in [3.05, 3.63) is 23.0 Å². The number of rotatable bonds is 6. The van der Waals surface area contributed by atoms with E-state index in [9.17, 15) is 4.79 Å². The van der Waals surface area contributed by atoms with Gasteiger partial charge in [0, 0.05) is 36.5 Å². The second kappa shape index (κ2) is 8.69. The lowest BCUT2D eigenvalue weighted by atomic mass is 10.1. The van der Waals surface area contributed by atoms with Gasteiger partial charge < -0.3 is 20.4 Å². The average Bonchev–Trinajstić information content (AvgIpc) is 3.54. The smallest absolute Gasteiger partial charge is 0.243 e. The first-order chi connectivity index (χ1) is 15.5. The number of fused-ring (bicyclic) bond motifs is 1. The maximum atomic E-state index is 13.1. The molecule has 172 valence electrons. The van der Waals surface area contributed by atoms with Crippen molar-refractivity contribution in [1.29, 1.82) is 0 Å². The van der Waals surface area contributed by atoms with Crippen molar-refractivity contribution in [1.82, 2.24) is 30.4 Å². The highest BCUT2D eigenvalue weighted by Gasteiger charge is 2.35. The zero-order chi connectivity index (χ0) is 22.2. The van der Waals surface area contributed by atoms with E-state index in [2.05, 4.69) is 51.5 Å². The molecule has 3 N–H and O–H groups in total. The summed E-state index contributed by atoms with van der Waals surface area (Å²) in [6.07, 6.45) is 5.84. The van der Waals surface area contributed by atoms with Crippen molar-refractivity contribution in [2.75, 3.05) is 36.9 Å². The van der Waals surface area contributed by atoms with Gasteiger partial charge in [0.25, 0.3) is 0 Å². The summed E-state index contributed by atoms with van der Waals surface area (Å²) in [5.74, 6) is 2.75. The van der Waals surface area contributed by atoms with E-state index in [-0.39, 0.29) is 18.0 Å². The molecule has 9 nitrogen and oxygen atoms in total. The van der Waals surface area contributed by atoms with Crippen molar-refractivity contribution >= 4 is 23.5 Å². The molecule has 2 aromatic heterocycles. The van der Waals surface area contributed by atoms with E-state index in [1.165, 1.54) is 5.56 Å². The molecule has 0 bridgehead atoms. The number of anilines is 3. The summed E-state index contributed by atoms with van der Waals surface area (Å²) in [6.45, 7) is 7.04. The fourth-order valence-corrected chi connectivity index (χ4v) is 5.10. The molecular weight excluding hydrogens is 404 g/mol. The Morgan fingerprint density at radius 1 is 1.19 bits per heavy atom. The summed E-state index contributed by atoms with van der Waals surface area (Å²) in [6, 6.07) is 2.08. The Kier molecular flexibility index (Phi) is 5.75. The number of hydrogen-bond acceptors (Lipinski definition) is 7. The molecule has 0 spiro atoms. The molecule has 2 fully saturated rings. The molecule has 0 aromatic carbocycles. The molecule has 1 amide bonds. The number of aromatic nitrogens is 4. The van der Waals surface area contributed by atoms with E-state index in [4.69, 9.17) is 9.97 Å². The van der Waals surface area contributed by atoms with Gasteiger partial charge in [-0.25, -0.2) is 4.98 Å². The van der Waals surface area contributed by atoms with Gasteiger partial charge in [-0.05, 0) is 58.0 Å². The fraction of sp³-hybridized carbons (Fsp3) is 0.652. The summed E-state index contributed by atoms with van der Waals surface area (Å²) in [7, 11) is 2.10. The van der Waals surface area contributed by atoms with Crippen LogP contribution in [0.3, 0.4) is 0 Å². The minimum absolute atomic E-state index is 0.107. The van der Waals surface area contributed by atoms with E-state index in [0.717, 1.165) is 81.2 Å². The molecule has 9 heteroatoms. The molecule has 2 aromatic rings. The largest absolute Gasteiger partial charge is 0.350 e. The number of likely N-dealkylation sites (N-methyl/N-ethyl adjacent to an activating group) is 1. The number of likely N-dealkylation sites (tertiary alicyclic amines) is 1. The van der Waals surface area contributed by atoms with Crippen LogP contribution in [0.1, 0.15) is 62.4 Å².